The highest BCUT2D eigenvalue weighted by molar-refractivity contribution is 7.13. The molecule has 2 aromatic heterocycles. The summed E-state index contributed by atoms with van der Waals surface area (Å²) in [5.74, 6) is -1.05. The maximum atomic E-state index is 11.8. The summed E-state index contributed by atoms with van der Waals surface area (Å²) in [4.78, 5) is 27.5. The number of benzene rings is 1. The number of aliphatic carboxylic acids is 1. The van der Waals surface area contributed by atoms with Crippen LogP contribution in [-0.2, 0) is 4.79 Å². The van der Waals surface area contributed by atoms with Crippen LogP contribution in [0.2, 0.25) is 0 Å². The highest BCUT2D eigenvalue weighted by Crippen LogP contribution is 2.28. The number of thiophene rings is 1. The number of carbonyl (C=O) groups excluding carboxylic acids is 1. The number of rotatable bonds is 4. The third-order valence-electron chi connectivity index (χ3n) is 2.78. The third kappa shape index (κ3) is 2.75. The Hall–Kier alpha value is -2.73. The average Bonchev–Trinajstić information content (AvgIpc) is 3.11. The lowest BCUT2D eigenvalue weighted by Crippen LogP contribution is -1.96. The molecule has 1 aromatic carbocycles. The van der Waals surface area contributed by atoms with Crippen LogP contribution in [-0.4, -0.2) is 21.8 Å². The molecule has 0 unspecified atom stereocenters. The van der Waals surface area contributed by atoms with Gasteiger partial charge < -0.3 is 9.52 Å². The van der Waals surface area contributed by atoms with Gasteiger partial charge in [0.25, 0.3) is 0 Å². The van der Waals surface area contributed by atoms with Gasteiger partial charge in [-0.3, -0.25) is 4.79 Å². The molecule has 3 aromatic rings. The average molecular weight is 299 g/mol. The number of nitrogens with zero attached hydrogens (tertiary/aromatic N) is 1. The Morgan fingerprint density at radius 1 is 1.24 bits per heavy atom. The Morgan fingerprint density at radius 3 is 2.81 bits per heavy atom. The van der Waals surface area contributed by atoms with Gasteiger partial charge in [-0.25, -0.2) is 9.78 Å². The van der Waals surface area contributed by atoms with Crippen molar-refractivity contribution in [1.29, 1.82) is 0 Å². The number of allylic oxidation sites excluding steroid dienone is 1. The largest absolute Gasteiger partial charge is 0.478 e. The number of oxazole rings is 1. The standard InChI is InChI=1S/C15H9NO4S/c17-11(5-6-14(18)19)9-3-4-10-12(8-9)20-15(16-10)13-2-1-7-21-13/h1-8H,(H,18,19)/b6-5+. The number of carbonyl (C=O) groups is 2. The fourth-order valence-electron chi connectivity index (χ4n) is 1.83. The molecule has 0 saturated carbocycles. The normalized spacial score (nSPS) is 11.2. The Morgan fingerprint density at radius 2 is 2.10 bits per heavy atom. The second kappa shape index (κ2) is 5.34. The van der Waals surface area contributed by atoms with Crippen LogP contribution in [0.3, 0.4) is 0 Å². The highest BCUT2D eigenvalue weighted by Gasteiger charge is 2.11. The van der Waals surface area contributed by atoms with E-state index in [0.29, 0.717) is 22.6 Å². The minimum atomic E-state index is -1.16. The maximum absolute atomic E-state index is 11.8. The smallest absolute Gasteiger partial charge is 0.328 e. The van der Waals surface area contributed by atoms with Crippen molar-refractivity contribution in [1.82, 2.24) is 4.98 Å². The Labute approximate surface area is 123 Å². The van der Waals surface area contributed by atoms with E-state index in [2.05, 4.69) is 4.98 Å². The first-order valence-corrected chi connectivity index (χ1v) is 6.91. The van der Waals surface area contributed by atoms with Crippen LogP contribution >= 0.6 is 11.3 Å². The van der Waals surface area contributed by atoms with Gasteiger partial charge in [-0.1, -0.05) is 6.07 Å². The second-order valence-corrected chi connectivity index (χ2v) is 5.16. The summed E-state index contributed by atoms with van der Waals surface area (Å²) < 4.78 is 5.64. The lowest BCUT2D eigenvalue weighted by Gasteiger charge is -1.94. The van der Waals surface area contributed by atoms with Gasteiger partial charge in [0.1, 0.15) is 5.52 Å². The number of ketones is 1. The van der Waals surface area contributed by atoms with Crippen LogP contribution in [0.1, 0.15) is 10.4 Å². The molecule has 0 amide bonds. The van der Waals surface area contributed by atoms with E-state index in [0.717, 1.165) is 17.0 Å². The Bertz CT molecular complexity index is 846. The van der Waals surface area contributed by atoms with Gasteiger partial charge in [0.05, 0.1) is 4.88 Å². The molecule has 0 aliphatic carbocycles. The van der Waals surface area contributed by atoms with E-state index in [4.69, 9.17) is 9.52 Å². The molecule has 1 N–H and O–H groups in total. The fraction of sp³-hybridized carbons (Fsp3) is 0. The summed E-state index contributed by atoms with van der Waals surface area (Å²) in [5, 5.41) is 10.5. The van der Waals surface area contributed by atoms with E-state index in [9.17, 15) is 9.59 Å². The molecule has 0 spiro atoms. The zero-order valence-corrected chi connectivity index (χ0v) is 11.5. The van der Waals surface area contributed by atoms with Crippen LogP contribution in [0.5, 0.6) is 0 Å². The van der Waals surface area contributed by atoms with Crippen molar-refractivity contribution in [2.45, 2.75) is 0 Å². The van der Waals surface area contributed by atoms with Gasteiger partial charge in [0.2, 0.25) is 5.89 Å². The second-order valence-electron chi connectivity index (χ2n) is 4.21. The van der Waals surface area contributed by atoms with Gasteiger partial charge in [0, 0.05) is 11.6 Å². The first-order chi connectivity index (χ1) is 10.1. The SMILES string of the molecule is O=C(O)/C=C/C(=O)c1ccc2nc(-c3cccs3)oc2c1. The van der Waals surface area contributed by atoms with E-state index in [1.807, 2.05) is 17.5 Å². The van der Waals surface area contributed by atoms with Gasteiger partial charge in [0.15, 0.2) is 11.4 Å². The van der Waals surface area contributed by atoms with Gasteiger partial charge in [-0.2, -0.15) is 0 Å². The predicted molar refractivity (Wildman–Crippen MR) is 78.4 cm³/mol. The van der Waals surface area contributed by atoms with E-state index >= 15 is 0 Å². The first-order valence-electron chi connectivity index (χ1n) is 6.03. The molecule has 0 aliphatic rings. The molecule has 0 saturated heterocycles. The number of aromatic nitrogens is 1. The molecule has 0 fully saturated rings. The number of carboxylic acid groups (broad SMARTS) is 1. The van der Waals surface area contributed by atoms with Crippen LogP contribution in [0.15, 0.2) is 52.3 Å². The Balaban J connectivity index is 1.97. The zero-order chi connectivity index (χ0) is 14.8. The molecule has 21 heavy (non-hydrogen) atoms. The molecular weight excluding hydrogens is 290 g/mol. The molecule has 0 aliphatic heterocycles. The van der Waals surface area contributed by atoms with Crippen LogP contribution in [0.4, 0.5) is 0 Å². The quantitative estimate of drug-likeness (QED) is 0.590. The molecule has 6 heteroatoms. The minimum absolute atomic E-state index is 0.355. The molecule has 0 atom stereocenters. The fourth-order valence-corrected chi connectivity index (χ4v) is 2.48. The molecule has 5 nitrogen and oxygen atoms in total. The van der Waals surface area contributed by atoms with Crippen molar-refractivity contribution in [2.75, 3.05) is 0 Å². The summed E-state index contributed by atoms with van der Waals surface area (Å²) in [6.45, 7) is 0. The summed E-state index contributed by atoms with van der Waals surface area (Å²) in [6.07, 6.45) is 1.82. The van der Waals surface area contributed by atoms with E-state index in [1.165, 1.54) is 11.3 Å². The van der Waals surface area contributed by atoms with Crippen molar-refractivity contribution in [3.63, 3.8) is 0 Å². The summed E-state index contributed by atoms with van der Waals surface area (Å²) in [7, 11) is 0. The highest BCUT2D eigenvalue weighted by atomic mass is 32.1. The molecule has 2 heterocycles. The number of hydrogen-bond acceptors (Lipinski definition) is 5. The van der Waals surface area contributed by atoms with Crippen LogP contribution < -0.4 is 0 Å². The molecule has 3 rings (SSSR count). The van der Waals surface area contributed by atoms with Crippen LogP contribution in [0, 0.1) is 0 Å². The van der Waals surface area contributed by atoms with Gasteiger partial charge >= 0.3 is 5.97 Å². The van der Waals surface area contributed by atoms with Crippen molar-refractivity contribution in [3.8, 4) is 10.8 Å². The predicted octanol–water partition coefficient (Wildman–Crippen LogP) is 3.38. The van der Waals surface area contributed by atoms with Crippen molar-refractivity contribution in [2.24, 2.45) is 0 Å². The lowest BCUT2D eigenvalue weighted by molar-refractivity contribution is -0.131. The zero-order valence-electron chi connectivity index (χ0n) is 10.6. The van der Waals surface area contributed by atoms with Gasteiger partial charge in [-0.05, 0) is 35.7 Å². The lowest BCUT2D eigenvalue weighted by atomic mass is 10.1. The Kier molecular flexibility index (Phi) is 3.37. The van der Waals surface area contributed by atoms with Gasteiger partial charge in [-0.15, -0.1) is 11.3 Å². The number of fused-ring (bicyclic) bond motifs is 1. The van der Waals surface area contributed by atoms with Crippen molar-refractivity contribution < 1.29 is 19.1 Å². The third-order valence-corrected chi connectivity index (χ3v) is 3.64. The monoisotopic (exact) mass is 299 g/mol. The number of carboxylic acids is 1. The number of hydrogen-bond donors (Lipinski definition) is 1. The molecule has 104 valence electrons. The summed E-state index contributed by atoms with van der Waals surface area (Å²) in [5.41, 5.74) is 1.50. The molecule has 0 radical (unpaired) electrons. The summed E-state index contributed by atoms with van der Waals surface area (Å²) in [6, 6.07) is 8.64. The molecular formula is C15H9NO4S. The van der Waals surface area contributed by atoms with Crippen molar-refractivity contribution >= 4 is 34.2 Å². The van der Waals surface area contributed by atoms with Crippen LogP contribution in [0.25, 0.3) is 21.9 Å². The first kappa shape index (κ1) is 13.3. The summed E-state index contributed by atoms with van der Waals surface area (Å²) >= 11 is 1.51. The van der Waals surface area contributed by atoms with Crippen molar-refractivity contribution in [3.05, 3.63) is 53.4 Å². The minimum Gasteiger partial charge on any atom is -0.478 e. The molecule has 0 bridgehead atoms. The van der Waals surface area contributed by atoms with E-state index < -0.39 is 11.8 Å². The maximum Gasteiger partial charge on any atom is 0.328 e. The van der Waals surface area contributed by atoms with E-state index in [1.54, 1.807) is 18.2 Å². The topological polar surface area (TPSA) is 80.4 Å². The van der Waals surface area contributed by atoms with E-state index in [-0.39, 0.29) is 0 Å².